The van der Waals surface area contributed by atoms with E-state index in [2.05, 4.69) is 0 Å². The third kappa shape index (κ3) is 2.86. The second kappa shape index (κ2) is 4.94. The molecule has 0 heterocycles. The van der Waals surface area contributed by atoms with E-state index in [1.807, 2.05) is 30.3 Å². The Hall–Kier alpha value is 0.210. The molecule has 0 spiro atoms. The maximum absolute atomic E-state index is 5.43. The summed E-state index contributed by atoms with van der Waals surface area (Å²) >= 11 is -0.453. The second-order valence-electron chi connectivity index (χ2n) is 1.76. The Morgan fingerprint density at radius 3 is 2.60 bits per heavy atom. The monoisotopic (exact) mass is 339 g/mol. The van der Waals surface area contributed by atoms with Gasteiger partial charge in [-0.1, -0.05) is 0 Å². The average molecular weight is 340 g/mol. The van der Waals surface area contributed by atoms with Crippen LogP contribution in [0.3, 0.4) is 0 Å². The van der Waals surface area contributed by atoms with Gasteiger partial charge in [-0.05, 0) is 0 Å². The summed E-state index contributed by atoms with van der Waals surface area (Å²) in [6.45, 7) is 0.645. The molecule has 1 nitrogen and oxygen atoms in total. The molecule has 1 aromatic rings. The predicted molar refractivity (Wildman–Crippen MR) is 37.1 cm³/mol. The fourth-order valence-corrected chi connectivity index (χ4v) is 1.39. The first-order chi connectivity index (χ1) is 4.93. The van der Waals surface area contributed by atoms with Gasteiger partial charge < -0.3 is 0 Å². The van der Waals surface area contributed by atoms with Gasteiger partial charge in [0, 0.05) is 0 Å². The Kier molecular flexibility index (Phi) is 4.10. The predicted octanol–water partition coefficient (Wildman–Crippen LogP) is 2.35. The molecule has 0 bridgehead atoms. The van der Waals surface area contributed by atoms with E-state index in [4.69, 9.17) is 12.4 Å². The summed E-state index contributed by atoms with van der Waals surface area (Å²) in [6.07, 6.45) is 0. The molecule has 0 aliphatic heterocycles. The summed E-state index contributed by atoms with van der Waals surface area (Å²) in [5.41, 5.74) is 1.18. The van der Waals surface area contributed by atoms with Crippen LogP contribution in [0, 0.1) is 0 Å². The van der Waals surface area contributed by atoms with Crippen molar-refractivity contribution in [2.45, 2.75) is 6.61 Å². The van der Waals surface area contributed by atoms with Gasteiger partial charge in [-0.25, -0.2) is 0 Å². The molecule has 0 unspecified atom stereocenters. The molecule has 0 aliphatic carbocycles. The molecule has 59 valence electrons. The molecule has 0 saturated heterocycles. The molecule has 1 rings (SSSR count). The van der Waals surface area contributed by atoms with Crippen molar-refractivity contribution < 1.29 is 22.3 Å². The van der Waals surface area contributed by atoms with Crippen LogP contribution in [0.2, 0.25) is 0 Å². The van der Waals surface area contributed by atoms with E-state index in [1.165, 1.54) is 5.56 Å². The van der Waals surface area contributed by atoms with E-state index < -0.39 is 19.1 Å². The van der Waals surface area contributed by atoms with Crippen LogP contribution < -0.4 is 0 Å². The van der Waals surface area contributed by atoms with E-state index in [9.17, 15) is 0 Å². The van der Waals surface area contributed by atoms with Crippen molar-refractivity contribution >= 4 is 9.19 Å². The molecule has 0 radical (unpaired) electrons. The van der Waals surface area contributed by atoms with Crippen LogP contribution >= 0.6 is 9.19 Å². The van der Waals surface area contributed by atoms with Gasteiger partial charge in [-0.15, -0.1) is 0 Å². The normalized spacial score (nSPS) is 10.1. The minimum atomic E-state index is -0.453. The molecular weight excluding hydrogens is 332 g/mol. The van der Waals surface area contributed by atoms with Crippen molar-refractivity contribution in [3.63, 3.8) is 0 Å². The number of hydrogen-bond acceptors (Lipinski definition) is 1. The summed E-state index contributed by atoms with van der Waals surface area (Å²) < 4.78 is 5.08. The third-order valence-electron chi connectivity index (χ3n) is 1.09. The Balaban J connectivity index is 2.43. The average Bonchev–Trinajstić information content (AvgIpc) is 2.03. The zero-order chi connectivity index (χ0) is 7.23. The van der Waals surface area contributed by atoms with Crippen LogP contribution in [-0.4, -0.2) is 0 Å². The van der Waals surface area contributed by atoms with Gasteiger partial charge >= 0.3 is 74.0 Å². The fraction of sp³-hybridized carbons (Fsp3) is 0.143. The quantitative estimate of drug-likeness (QED) is 0.768. The van der Waals surface area contributed by atoms with Gasteiger partial charge in [0.2, 0.25) is 0 Å². The number of halogens is 1. The summed E-state index contributed by atoms with van der Waals surface area (Å²) in [4.78, 5) is 0. The molecule has 0 saturated carbocycles. The van der Waals surface area contributed by atoms with Gasteiger partial charge in [-0.3, -0.25) is 0 Å². The zero-order valence-corrected chi connectivity index (χ0v) is 8.10. The number of rotatable bonds is 3. The first-order valence-corrected chi connectivity index (χ1v) is 6.36. The topological polar surface area (TPSA) is 9.23 Å². The van der Waals surface area contributed by atoms with Crippen molar-refractivity contribution in [1.82, 2.24) is 0 Å². The van der Waals surface area contributed by atoms with Crippen LogP contribution in [0.25, 0.3) is 0 Å². The summed E-state index contributed by atoms with van der Waals surface area (Å²) in [7, 11) is 5.43. The van der Waals surface area contributed by atoms with Gasteiger partial charge in [0.05, 0.1) is 0 Å². The van der Waals surface area contributed by atoms with E-state index in [1.54, 1.807) is 0 Å². The SMILES string of the molecule is [Cl][Au][O]Cc1ccccc1. The van der Waals surface area contributed by atoms with Gasteiger partial charge in [0.15, 0.2) is 0 Å². The van der Waals surface area contributed by atoms with Crippen LogP contribution in [-0.2, 0) is 28.9 Å². The van der Waals surface area contributed by atoms with Crippen molar-refractivity contribution in [2.75, 3.05) is 0 Å². The first-order valence-electron chi connectivity index (χ1n) is 2.79. The van der Waals surface area contributed by atoms with E-state index in [0.29, 0.717) is 6.61 Å². The van der Waals surface area contributed by atoms with Gasteiger partial charge in [0.25, 0.3) is 0 Å². The van der Waals surface area contributed by atoms with Crippen LogP contribution in [0.15, 0.2) is 30.3 Å². The summed E-state index contributed by atoms with van der Waals surface area (Å²) in [5.74, 6) is 0. The van der Waals surface area contributed by atoms with E-state index >= 15 is 0 Å². The Bertz CT molecular complexity index is 178. The molecule has 0 aliphatic rings. The first kappa shape index (κ1) is 8.31. The Morgan fingerprint density at radius 1 is 1.30 bits per heavy atom. The van der Waals surface area contributed by atoms with Crippen LogP contribution in [0.1, 0.15) is 5.56 Å². The molecule has 0 N–H and O–H groups in total. The maximum atomic E-state index is 5.43. The van der Waals surface area contributed by atoms with Crippen molar-refractivity contribution in [3.8, 4) is 0 Å². The number of benzene rings is 1. The minimum absolute atomic E-state index is 0.453. The third-order valence-corrected chi connectivity index (χ3v) is 2.17. The molecule has 10 heavy (non-hydrogen) atoms. The summed E-state index contributed by atoms with van der Waals surface area (Å²) in [6, 6.07) is 10.0. The van der Waals surface area contributed by atoms with Gasteiger partial charge in [0.1, 0.15) is 0 Å². The second-order valence-corrected chi connectivity index (χ2v) is 3.48. The van der Waals surface area contributed by atoms with Crippen LogP contribution in [0.5, 0.6) is 0 Å². The van der Waals surface area contributed by atoms with E-state index in [-0.39, 0.29) is 0 Å². The molecule has 1 aromatic carbocycles. The van der Waals surface area contributed by atoms with Crippen molar-refractivity contribution in [3.05, 3.63) is 35.9 Å². The fourth-order valence-electron chi connectivity index (χ4n) is 0.641. The number of hydrogen-bond donors (Lipinski definition) is 0. The van der Waals surface area contributed by atoms with Crippen molar-refractivity contribution in [2.24, 2.45) is 0 Å². The summed E-state index contributed by atoms with van der Waals surface area (Å²) in [5, 5.41) is 0. The molecule has 0 aromatic heterocycles. The Morgan fingerprint density at radius 2 is 2.00 bits per heavy atom. The molecule has 0 atom stereocenters. The molecular formula is C7H7AuClO. The van der Waals surface area contributed by atoms with Gasteiger partial charge in [-0.2, -0.15) is 0 Å². The molecule has 3 heteroatoms. The molecule has 0 amide bonds. The zero-order valence-electron chi connectivity index (χ0n) is 5.18. The van der Waals surface area contributed by atoms with E-state index in [0.717, 1.165) is 0 Å². The van der Waals surface area contributed by atoms with Crippen LogP contribution in [0.4, 0.5) is 0 Å². The Labute approximate surface area is 74.0 Å². The standard InChI is InChI=1S/C7H7O.Au.ClH/c8-6-7-4-2-1-3-5-7;;/h1-5H,6H2;;1H/q-1;+2;/p-1. The van der Waals surface area contributed by atoms with Crippen molar-refractivity contribution in [1.29, 1.82) is 0 Å². The molecule has 0 fully saturated rings.